The van der Waals surface area contributed by atoms with Crippen molar-refractivity contribution in [3.63, 3.8) is 0 Å². The van der Waals surface area contributed by atoms with Crippen LogP contribution in [0.25, 0.3) is 0 Å². The maximum Gasteiger partial charge on any atom is 0.347 e. The van der Waals surface area contributed by atoms with Crippen LogP contribution in [0.3, 0.4) is 0 Å². The molecular formula is C17H18N4O7S. The summed E-state index contributed by atoms with van der Waals surface area (Å²) in [5.41, 5.74) is 0.511. The first-order chi connectivity index (χ1) is 13.8. The topological polar surface area (TPSA) is 146 Å². The molecule has 1 aliphatic rings. The van der Waals surface area contributed by atoms with Gasteiger partial charge in [0.2, 0.25) is 11.8 Å². The molecule has 0 radical (unpaired) electrons. The highest BCUT2D eigenvalue weighted by Crippen LogP contribution is 2.26. The van der Waals surface area contributed by atoms with Crippen molar-refractivity contribution in [1.29, 1.82) is 0 Å². The number of nitrogens with one attached hydrogen (secondary N) is 2. The van der Waals surface area contributed by atoms with E-state index in [1.54, 1.807) is 19.1 Å². The van der Waals surface area contributed by atoms with Gasteiger partial charge in [-0.1, -0.05) is 12.1 Å². The normalized spacial score (nSPS) is 16.1. The lowest BCUT2D eigenvalue weighted by atomic mass is 10.3. The highest BCUT2D eigenvalue weighted by atomic mass is 32.2. The molecule has 3 rings (SSSR count). The highest BCUT2D eigenvalue weighted by Gasteiger charge is 2.31. The molecule has 154 valence electrons. The van der Waals surface area contributed by atoms with Gasteiger partial charge >= 0.3 is 12.0 Å². The largest absolute Gasteiger partial charge is 0.481 e. The maximum absolute atomic E-state index is 12.7. The molecule has 0 spiro atoms. The van der Waals surface area contributed by atoms with Gasteiger partial charge in [0.1, 0.15) is 10.6 Å². The fraction of sp³-hybridized carbons (Fsp3) is 0.294. The molecule has 1 saturated heterocycles. The van der Waals surface area contributed by atoms with Crippen molar-refractivity contribution in [1.82, 2.24) is 14.7 Å². The predicted octanol–water partition coefficient (Wildman–Crippen LogP) is 0.998. The van der Waals surface area contributed by atoms with E-state index in [9.17, 15) is 18.0 Å². The summed E-state index contributed by atoms with van der Waals surface area (Å²) >= 11 is 0. The van der Waals surface area contributed by atoms with Gasteiger partial charge in [-0.05, 0) is 19.1 Å². The molecule has 2 N–H and O–H groups in total. The number of cyclic esters (lactones) is 1. The zero-order chi connectivity index (χ0) is 21.0. The van der Waals surface area contributed by atoms with E-state index < -0.39 is 28.1 Å². The molecule has 29 heavy (non-hydrogen) atoms. The van der Waals surface area contributed by atoms with Crippen molar-refractivity contribution in [2.24, 2.45) is 0 Å². The molecule has 1 aromatic carbocycles. The molecule has 11 nitrogen and oxygen atoms in total. The summed E-state index contributed by atoms with van der Waals surface area (Å²) in [7, 11) is -2.93. The number of aryl methyl sites for hydroxylation is 1. The first kappa shape index (κ1) is 20.3. The minimum Gasteiger partial charge on any atom is -0.481 e. The smallest absolute Gasteiger partial charge is 0.347 e. The number of hydrogen-bond donors (Lipinski definition) is 2. The number of hydrogen-bond acceptors (Lipinski definition) is 9. The lowest BCUT2D eigenvalue weighted by Gasteiger charge is -2.15. The number of carbonyl (C=O) groups is 2. The summed E-state index contributed by atoms with van der Waals surface area (Å²) in [5, 5.41) is 2.24. The van der Waals surface area contributed by atoms with E-state index in [-0.39, 0.29) is 29.1 Å². The molecule has 0 saturated carbocycles. The quantitative estimate of drug-likeness (QED) is 0.651. The Kier molecular flexibility index (Phi) is 5.82. The van der Waals surface area contributed by atoms with Crippen LogP contribution in [-0.4, -0.2) is 50.2 Å². The van der Waals surface area contributed by atoms with Crippen molar-refractivity contribution in [2.75, 3.05) is 19.0 Å². The molecule has 1 aliphatic heterocycles. The van der Waals surface area contributed by atoms with E-state index in [0.717, 1.165) is 0 Å². The number of anilines is 1. The second kappa shape index (κ2) is 8.31. The van der Waals surface area contributed by atoms with Crippen LogP contribution >= 0.6 is 0 Å². The van der Waals surface area contributed by atoms with E-state index in [0.29, 0.717) is 12.1 Å². The van der Waals surface area contributed by atoms with Crippen LogP contribution in [-0.2, 0) is 19.6 Å². The maximum atomic E-state index is 12.7. The fourth-order valence-electron chi connectivity index (χ4n) is 2.51. The molecule has 1 atom stereocenters. The van der Waals surface area contributed by atoms with Crippen molar-refractivity contribution in [3.05, 3.63) is 36.0 Å². The van der Waals surface area contributed by atoms with Gasteiger partial charge in [0.25, 0.3) is 10.0 Å². The number of urea groups is 1. The van der Waals surface area contributed by atoms with Gasteiger partial charge in [-0.15, -0.1) is 0 Å². The van der Waals surface area contributed by atoms with Gasteiger partial charge < -0.3 is 14.2 Å². The van der Waals surface area contributed by atoms with Crippen molar-refractivity contribution in [2.45, 2.75) is 24.3 Å². The molecular weight excluding hydrogens is 404 g/mol. The van der Waals surface area contributed by atoms with Crippen LogP contribution in [0.1, 0.15) is 12.1 Å². The summed E-state index contributed by atoms with van der Waals surface area (Å²) in [6, 6.07) is 6.10. The van der Waals surface area contributed by atoms with E-state index in [2.05, 4.69) is 15.3 Å². The van der Waals surface area contributed by atoms with Gasteiger partial charge in [0, 0.05) is 18.2 Å². The minimum absolute atomic E-state index is 0.0786. The third-order valence-electron chi connectivity index (χ3n) is 3.79. The van der Waals surface area contributed by atoms with Gasteiger partial charge in [0.15, 0.2) is 6.10 Å². The summed E-state index contributed by atoms with van der Waals surface area (Å²) in [5.74, 6) is -0.579. The average molecular weight is 422 g/mol. The fourth-order valence-corrected chi connectivity index (χ4v) is 3.56. The van der Waals surface area contributed by atoms with E-state index in [4.69, 9.17) is 14.2 Å². The number of aromatic nitrogens is 2. The van der Waals surface area contributed by atoms with Gasteiger partial charge in [-0.2, -0.15) is 4.98 Å². The number of carbonyl (C=O) groups excluding carboxylic acids is 2. The molecule has 2 amide bonds. The Hall–Kier alpha value is -3.41. The number of ether oxygens (including phenoxy) is 3. The summed E-state index contributed by atoms with van der Waals surface area (Å²) < 4.78 is 42.5. The van der Waals surface area contributed by atoms with Crippen LogP contribution in [0.2, 0.25) is 0 Å². The molecule has 1 fully saturated rings. The number of para-hydroxylation sites is 1. The van der Waals surface area contributed by atoms with Gasteiger partial charge in [-0.3, -0.25) is 5.32 Å². The Morgan fingerprint density at radius 2 is 2.03 bits per heavy atom. The molecule has 12 heteroatoms. The van der Waals surface area contributed by atoms with Crippen LogP contribution in [0.5, 0.6) is 11.6 Å². The first-order valence-electron chi connectivity index (χ1n) is 8.44. The van der Waals surface area contributed by atoms with Crippen molar-refractivity contribution < 1.29 is 32.2 Å². The van der Waals surface area contributed by atoms with Crippen LogP contribution in [0.4, 0.5) is 10.7 Å². The summed E-state index contributed by atoms with van der Waals surface area (Å²) in [6.45, 7) is 1.85. The molecule has 1 unspecified atom stereocenters. The standard InChI is InChI=1S/C17H18N4O7S/c1-10-9-14(26-2)19-16(18-10)20-17(23)21-29(24,25)13-6-4-3-5-11(13)28-12-7-8-27-15(12)22/h3-6,9,12H,7-8H2,1-2H3,(H2,18,19,20,21,23). The second-order valence-corrected chi connectivity index (χ2v) is 7.60. The minimum atomic E-state index is -4.32. The van der Waals surface area contributed by atoms with Gasteiger partial charge in [0.05, 0.1) is 13.7 Å². The van der Waals surface area contributed by atoms with E-state index in [1.165, 1.54) is 25.3 Å². The number of benzene rings is 1. The Morgan fingerprint density at radius 3 is 2.72 bits per heavy atom. The lowest BCUT2D eigenvalue weighted by Crippen LogP contribution is -2.35. The Balaban J connectivity index is 1.76. The molecule has 2 aromatic rings. The third kappa shape index (κ3) is 4.90. The first-order valence-corrected chi connectivity index (χ1v) is 9.92. The van der Waals surface area contributed by atoms with E-state index >= 15 is 0 Å². The zero-order valence-electron chi connectivity index (χ0n) is 15.5. The van der Waals surface area contributed by atoms with Crippen LogP contribution in [0.15, 0.2) is 35.2 Å². The van der Waals surface area contributed by atoms with Crippen molar-refractivity contribution >= 4 is 28.0 Å². The zero-order valence-corrected chi connectivity index (χ0v) is 16.4. The van der Waals surface area contributed by atoms with E-state index in [1.807, 2.05) is 4.72 Å². The number of nitrogens with zero attached hydrogens (tertiary/aromatic N) is 2. The molecule has 0 bridgehead atoms. The van der Waals surface area contributed by atoms with Gasteiger partial charge in [-0.25, -0.2) is 27.7 Å². The summed E-state index contributed by atoms with van der Waals surface area (Å²) in [6.07, 6.45) is -0.610. The average Bonchev–Trinajstić information content (AvgIpc) is 3.05. The molecule has 2 heterocycles. The highest BCUT2D eigenvalue weighted by molar-refractivity contribution is 7.90. The number of amides is 2. The van der Waals surface area contributed by atoms with Crippen molar-refractivity contribution in [3.8, 4) is 11.6 Å². The Labute approximate surface area is 166 Å². The SMILES string of the molecule is COc1cc(C)nc(NC(=O)NS(=O)(=O)c2ccccc2OC2CCOC2=O)n1. The number of methoxy groups -OCH3 is 1. The lowest BCUT2D eigenvalue weighted by molar-refractivity contribution is -0.143. The number of sulfonamides is 1. The Bertz CT molecular complexity index is 1040. The predicted molar refractivity (Wildman–Crippen MR) is 99.1 cm³/mol. The Morgan fingerprint density at radius 1 is 1.28 bits per heavy atom. The molecule has 0 aliphatic carbocycles. The monoisotopic (exact) mass is 422 g/mol. The summed E-state index contributed by atoms with van der Waals surface area (Å²) in [4.78, 5) is 31.4. The van der Waals surface area contributed by atoms with Crippen LogP contribution < -0.4 is 19.5 Å². The second-order valence-electron chi connectivity index (χ2n) is 5.94. The number of esters is 1. The molecule has 1 aromatic heterocycles. The number of rotatable bonds is 6. The third-order valence-corrected chi connectivity index (χ3v) is 5.16. The van der Waals surface area contributed by atoms with Crippen LogP contribution in [0, 0.1) is 6.92 Å².